The third kappa shape index (κ3) is 13.4. The van der Waals surface area contributed by atoms with Crippen molar-refractivity contribution in [3.8, 4) is 0 Å². The number of rotatable bonds is 3. The Hall–Kier alpha value is 0.771. The predicted octanol–water partition coefficient (Wildman–Crippen LogP) is -1.11. The molecule has 7 heteroatoms. The minimum atomic E-state index is -0.319. The van der Waals surface area contributed by atoms with Gasteiger partial charge in [-0.1, -0.05) is 0 Å². The van der Waals surface area contributed by atoms with Crippen LogP contribution >= 0.6 is 0 Å². The molecule has 0 heterocycles. The molecule has 0 saturated heterocycles. The Balaban J connectivity index is -0.000000107. The molecule has 0 aliphatic carbocycles. The van der Waals surface area contributed by atoms with Gasteiger partial charge in [0.05, 0.1) is 5.91 Å². The molecule has 12 heavy (non-hydrogen) atoms. The van der Waals surface area contributed by atoms with Crippen molar-refractivity contribution in [3.63, 3.8) is 0 Å². The summed E-state index contributed by atoms with van der Waals surface area (Å²) >= 11 is 0. The van der Waals surface area contributed by atoms with Crippen molar-refractivity contribution in [2.24, 2.45) is 0 Å². The fourth-order valence-electron chi connectivity index (χ4n) is 0.267. The molecule has 0 aliphatic rings. The van der Waals surface area contributed by atoms with Crippen LogP contribution in [0.5, 0.6) is 0 Å². The second kappa shape index (κ2) is 14.3. The molecule has 1 N–H and O–H groups in total. The summed E-state index contributed by atoms with van der Waals surface area (Å²) in [4.78, 5) is 21.2. The summed E-state index contributed by atoms with van der Waals surface area (Å²) in [6.45, 7) is 1.10. The largest absolute Gasteiger partial charge is 0.647 e. The molecule has 0 bridgehead atoms. The van der Waals surface area contributed by atoms with Gasteiger partial charge in [0.25, 0.3) is 0 Å². The molecule has 69 valence electrons. The quantitative estimate of drug-likeness (QED) is 0.361. The number of nitrogens with one attached hydrogen (secondary N) is 1. The van der Waals surface area contributed by atoms with Crippen LogP contribution in [0.4, 0.5) is 0 Å². The molecule has 0 atom stereocenters. The molecule has 0 rings (SSSR count). The zero-order valence-corrected chi connectivity index (χ0v) is 13.9. The van der Waals surface area contributed by atoms with Gasteiger partial charge in [-0.15, -0.1) is 0 Å². The van der Waals surface area contributed by atoms with Gasteiger partial charge < -0.3 is 19.8 Å². The van der Waals surface area contributed by atoms with Crippen LogP contribution in [0, 0.1) is 6.54 Å². The minimum Gasteiger partial charge on any atom is -0.647 e. The first-order chi connectivity index (χ1) is 4.20. The van der Waals surface area contributed by atoms with Crippen LogP contribution in [0.15, 0.2) is 0 Å². The Kier molecular flexibility index (Phi) is 27.4. The number of carbonyl (C=O) groups is 1. The number of carbonyl (C=O) groups excluding carboxylic acids is 2. The van der Waals surface area contributed by atoms with Crippen LogP contribution in [0.25, 0.3) is 0 Å². The van der Waals surface area contributed by atoms with Crippen molar-refractivity contribution < 1.29 is 70.3 Å². The van der Waals surface area contributed by atoms with E-state index in [2.05, 4.69) is 5.32 Å². The standard InChI is InChI=1S/C5H8N2O2.V.2W/c1-6-5(9)3-7(2)4-8;;;/h3H,1-2H3,(H,6,9);;;/q-2;;;. The van der Waals surface area contributed by atoms with Crippen molar-refractivity contribution in [1.29, 1.82) is 0 Å². The molecule has 0 saturated carbocycles. The number of hydrogen-bond donors (Lipinski definition) is 1. The van der Waals surface area contributed by atoms with Gasteiger partial charge in [0.15, 0.2) is 0 Å². The number of nitrogens with zero attached hydrogens (tertiary/aromatic N) is 1. The number of amides is 2. The SMILES string of the molecule is CNC(=O)[CH-]N(C)[C-]=O.[V].[W].[W]. The molecule has 0 aromatic rings. The Bertz CT molecular complexity index is 126. The fourth-order valence-corrected chi connectivity index (χ4v) is 0.267. The van der Waals surface area contributed by atoms with Gasteiger partial charge in [-0.05, 0) is 7.05 Å². The van der Waals surface area contributed by atoms with Crippen molar-refractivity contribution in [2.45, 2.75) is 0 Å². The summed E-state index contributed by atoms with van der Waals surface area (Å²) in [5.74, 6) is -0.319. The molecule has 0 spiro atoms. The molecular weight excluding hydrogens is 539 g/mol. The average molecular weight is 547 g/mol. The maximum absolute atomic E-state index is 10.4. The first kappa shape index (κ1) is 23.0. The van der Waals surface area contributed by atoms with Gasteiger partial charge in [-0.2, -0.15) is 6.41 Å². The van der Waals surface area contributed by atoms with E-state index in [0.29, 0.717) is 0 Å². The van der Waals surface area contributed by atoms with Crippen LogP contribution in [0.1, 0.15) is 0 Å². The molecule has 1 radical (unpaired) electrons. The van der Waals surface area contributed by atoms with Crippen LogP contribution in [-0.2, 0) is 70.3 Å². The molecule has 4 nitrogen and oxygen atoms in total. The van der Waals surface area contributed by atoms with E-state index in [1.807, 2.05) is 0 Å². The van der Waals surface area contributed by atoms with Gasteiger partial charge in [0.1, 0.15) is 0 Å². The van der Waals surface area contributed by atoms with Gasteiger partial charge >= 0.3 is 0 Å². The third-order valence-corrected chi connectivity index (χ3v) is 0.701. The van der Waals surface area contributed by atoms with Crippen molar-refractivity contribution in [2.75, 3.05) is 14.1 Å². The summed E-state index contributed by atoms with van der Waals surface area (Å²) in [7, 11) is 2.92. The molecule has 0 aromatic heterocycles. The van der Waals surface area contributed by atoms with Crippen LogP contribution < -0.4 is 5.32 Å². The van der Waals surface area contributed by atoms with E-state index >= 15 is 0 Å². The monoisotopic (exact) mass is 547 g/mol. The predicted molar refractivity (Wildman–Crippen MR) is 31.8 cm³/mol. The van der Waals surface area contributed by atoms with E-state index in [4.69, 9.17) is 0 Å². The zero-order chi connectivity index (χ0) is 7.28. The van der Waals surface area contributed by atoms with E-state index < -0.39 is 0 Å². The van der Waals surface area contributed by atoms with Crippen LogP contribution in [0.3, 0.4) is 0 Å². The summed E-state index contributed by atoms with van der Waals surface area (Å²) in [6.07, 6.45) is 1.50. The van der Waals surface area contributed by atoms with E-state index in [9.17, 15) is 9.59 Å². The number of hydrogen-bond acceptors (Lipinski definition) is 2. The average Bonchev–Trinajstić information content (AvgIpc) is 1.87. The smallest absolute Gasteiger partial charge is 0.0975 e. The first-order valence-corrected chi connectivity index (χ1v) is 2.38. The van der Waals surface area contributed by atoms with Crippen LogP contribution in [0.2, 0.25) is 0 Å². The fraction of sp³-hybridized carbons (Fsp3) is 0.400. The Morgan fingerprint density at radius 2 is 1.92 bits per heavy atom. The Morgan fingerprint density at radius 1 is 1.50 bits per heavy atom. The second-order valence-electron chi connectivity index (χ2n) is 1.45. The normalized spacial score (nSPS) is 5.83. The molecule has 2 amide bonds. The van der Waals surface area contributed by atoms with Crippen molar-refractivity contribution in [3.05, 3.63) is 6.54 Å². The van der Waals surface area contributed by atoms with E-state index in [-0.39, 0.29) is 66.6 Å². The van der Waals surface area contributed by atoms with Crippen molar-refractivity contribution in [1.82, 2.24) is 10.2 Å². The second-order valence-corrected chi connectivity index (χ2v) is 1.45. The van der Waals surface area contributed by atoms with Gasteiger partial charge in [0, 0.05) is 67.7 Å². The summed E-state index contributed by atoms with van der Waals surface area (Å²) in [6, 6.07) is 0. The van der Waals surface area contributed by atoms with E-state index in [1.54, 1.807) is 0 Å². The molecule has 0 fully saturated rings. The summed E-state index contributed by atoms with van der Waals surface area (Å²) in [5, 5.41) is 2.32. The first-order valence-electron chi connectivity index (χ1n) is 2.38. The molecule has 0 aromatic carbocycles. The van der Waals surface area contributed by atoms with Gasteiger partial charge in [-0.25, -0.2) is 0 Å². The van der Waals surface area contributed by atoms with E-state index in [1.165, 1.54) is 20.5 Å². The maximum Gasteiger partial charge on any atom is 0.0975 e. The van der Waals surface area contributed by atoms with Gasteiger partial charge in [-0.3, -0.25) is 6.54 Å². The van der Waals surface area contributed by atoms with E-state index in [0.717, 1.165) is 11.4 Å². The van der Waals surface area contributed by atoms with Crippen molar-refractivity contribution >= 4 is 12.3 Å². The minimum absolute atomic E-state index is 0. The van der Waals surface area contributed by atoms with Gasteiger partial charge in [0.2, 0.25) is 0 Å². The molecule has 0 aliphatic heterocycles. The Labute approximate surface area is 113 Å². The number of likely N-dealkylation sites (N-methyl/N-ethyl adjacent to an activating group) is 2. The van der Waals surface area contributed by atoms with Crippen LogP contribution in [-0.4, -0.2) is 31.3 Å². The molecule has 0 unspecified atom stereocenters. The zero-order valence-electron chi connectivity index (χ0n) is 6.60. The topological polar surface area (TPSA) is 49.4 Å². The summed E-state index contributed by atoms with van der Waals surface area (Å²) in [5.41, 5.74) is 0. The third-order valence-electron chi connectivity index (χ3n) is 0.701. The summed E-state index contributed by atoms with van der Waals surface area (Å²) < 4.78 is 0. The Morgan fingerprint density at radius 3 is 2.17 bits per heavy atom. The molecular formula is C5H8N2O2VW2-2. The maximum atomic E-state index is 10.4.